The number of rotatable bonds is 4. The number of fused-ring (bicyclic) bond motifs is 1. The fraction of sp³-hybridized carbons (Fsp3) is 0.357. The van der Waals surface area contributed by atoms with Crippen LogP contribution in [0.5, 0.6) is 0 Å². The zero-order chi connectivity index (χ0) is 25.7. The van der Waals surface area contributed by atoms with Crippen LogP contribution in [0.15, 0.2) is 42.4 Å². The summed E-state index contributed by atoms with van der Waals surface area (Å²) in [7, 11) is 0. The van der Waals surface area contributed by atoms with Crippen molar-refractivity contribution in [1.29, 1.82) is 5.26 Å². The molecule has 3 aliphatic heterocycles. The van der Waals surface area contributed by atoms with Crippen LogP contribution in [-0.4, -0.2) is 47.0 Å². The minimum Gasteiger partial charge on any atom is -0.367 e. The Balaban J connectivity index is 1.42. The van der Waals surface area contributed by atoms with Gasteiger partial charge < -0.3 is 14.5 Å². The monoisotopic (exact) mass is 531 g/mol. The van der Waals surface area contributed by atoms with E-state index in [9.17, 15) is 10.1 Å². The molecule has 7 nitrogen and oxygen atoms in total. The zero-order valence-electron chi connectivity index (χ0n) is 20.5. The number of amides is 1. The molecular weight excluding hydrogens is 506 g/mol. The van der Waals surface area contributed by atoms with Crippen molar-refractivity contribution in [1.82, 2.24) is 14.9 Å². The van der Waals surface area contributed by atoms with Gasteiger partial charge >= 0.3 is 0 Å². The van der Waals surface area contributed by atoms with E-state index in [1.54, 1.807) is 11.3 Å². The number of likely N-dealkylation sites (tertiary alicyclic amines) is 1. The normalized spacial score (nSPS) is 19.9. The largest absolute Gasteiger partial charge is 0.367 e. The molecule has 1 atom stereocenters. The van der Waals surface area contributed by atoms with E-state index in [1.807, 2.05) is 41.6 Å². The highest BCUT2D eigenvalue weighted by Crippen LogP contribution is 2.46. The van der Waals surface area contributed by atoms with Gasteiger partial charge in [-0.25, -0.2) is 9.97 Å². The van der Waals surface area contributed by atoms with E-state index in [2.05, 4.69) is 22.5 Å². The van der Waals surface area contributed by atoms with Gasteiger partial charge in [0.1, 0.15) is 17.5 Å². The lowest BCUT2D eigenvalue weighted by atomic mass is 9.79. The number of halogens is 1. The number of pyridine rings is 1. The fourth-order valence-electron chi connectivity index (χ4n) is 5.91. The molecule has 0 unspecified atom stereocenters. The van der Waals surface area contributed by atoms with Gasteiger partial charge in [-0.05, 0) is 25.5 Å². The number of aryl methyl sites for hydroxylation is 1. The average molecular weight is 532 g/mol. The van der Waals surface area contributed by atoms with E-state index in [0.29, 0.717) is 42.5 Å². The number of carbonyl (C=O) groups excluding carboxylic acids is 1. The molecule has 0 N–H and O–H groups in total. The summed E-state index contributed by atoms with van der Waals surface area (Å²) < 4.78 is 6.32. The lowest BCUT2D eigenvalue weighted by Gasteiger charge is -2.47. The van der Waals surface area contributed by atoms with E-state index < -0.39 is 0 Å². The quantitative estimate of drug-likeness (QED) is 0.437. The van der Waals surface area contributed by atoms with Crippen molar-refractivity contribution >= 4 is 34.7 Å². The summed E-state index contributed by atoms with van der Waals surface area (Å²) >= 11 is 8.27. The van der Waals surface area contributed by atoms with Crippen LogP contribution in [-0.2, 0) is 22.6 Å². The molecule has 2 fully saturated rings. The number of nitriles is 1. The van der Waals surface area contributed by atoms with Gasteiger partial charge in [0.15, 0.2) is 0 Å². The van der Waals surface area contributed by atoms with E-state index in [1.165, 1.54) is 6.08 Å². The number of benzene rings is 1. The van der Waals surface area contributed by atoms with Crippen molar-refractivity contribution in [3.8, 4) is 17.2 Å². The highest BCUT2D eigenvalue weighted by molar-refractivity contribution is 7.09. The minimum atomic E-state index is -0.123. The minimum absolute atomic E-state index is 0.0267. The van der Waals surface area contributed by atoms with Gasteiger partial charge in [0.25, 0.3) is 0 Å². The maximum atomic E-state index is 12.0. The van der Waals surface area contributed by atoms with Crippen molar-refractivity contribution in [2.45, 2.75) is 32.5 Å². The van der Waals surface area contributed by atoms with Crippen LogP contribution in [0.2, 0.25) is 5.02 Å². The van der Waals surface area contributed by atoms with Gasteiger partial charge in [-0.3, -0.25) is 4.79 Å². The second kappa shape index (κ2) is 9.25. The number of carbonyl (C=O) groups is 1. The number of aromatic nitrogens is 2. The molecule has 0 aliphatic carbocycles. The van der Waals surface area contributed by atoms with Gasteiger partial charge in [0.05, 0.1) is 34.5 Å². The SMILES string of the molecule is C=CC(=O)N1CC2(CCN(c3nc4c(c(-c5ccccc5Cl)c3C#N)CO[C@@H](c3scnc3C)C4)C2)C1. The predicted molar refractivity (Wildman–Crippen MR) is 144 cm³/mol. The number of thiazole rings is 1. The molecule has 1 spiro atoms. The Hall–Kier alpha value is -3.25. The Morgan fingerprint density at radius 3 is 2.86 bits per heavy atom. The van der Waals surface area contributed by atoms with Crippen LogP contribution in [0.4, 0.5) is 5.82 Å². The Morgan fingerprint density at radius 1 is 1.35 bits per heavy atom. The summed E-state index contributed by atoms with van der Waals surface area (Å²) in [6, 6.07) is 10.1. The van der Waals surface area contributed by atoms with Crippen molar-refractivity contribution in [2.24, 2.45) is 5.41 Å². The Bertz CT molecular complexity index is 1460. The predicted octanol–water partition coefficient (Wildman–Crippen LogP) is 5.08. The first-order valence-corrected chi connectivity index (χ1v) is 13.6. The molecular formula is C28H26ClN5O2S. The van der Waals surface area contributed by atoms with E-state index in [0.717, 1.165) is 52.5 Å². The van der Waals surface area contributed by atoms with E-state index in [-0.39, 0.29) is 17.4 Å². The second-order valence-electron chi connectivity index (χ2n) is 10.1. The molecule has 1 amide bonds. The van der Waals surface area contributed by atoms with Crippen molar-refractivity contribution < 1.29 is 9.53 Å². The standard InChI is InChI=1S/C28H26ClN5O2S/c1-3-24(35)34-14-28(15-34)8-9-33(13-28)27-19(11-30)25(18-6-4-5-7-21(18)29)20-12-36-23(10-22(20)32-27)26-17(2)31-16-37-26/h3-7,16,23H,1,8-10,12-15H2,2H3/t23-/m1/s1. The average Bonchev–Trinajstić information content (AvgIpc) is 3.53. The van der Waals surface area contributed by atoms with Gasteiger partial charge in [0.2, 0.25) is 5.91 Å². The molecule has 3 aromatic rings. The van der Waals surface area contributed by atoms with Crippen molar-refractivity contribution in [3.63, 3.8) is 0 Å². The topological polar surface area (TPSA) is 82.4 Å². The Kier molecular flexibility index (Phi) is 6.03. The molecule has 0 radical (unpaired) electrons. The third-order valence-electron chi connectivity index (χ3n) is 7.78. The lowest BCUT2D eigenvalue weighted by Crippen LogP contribution is -2.59. The first kappa shape index (κ1) is 24.1. The maximum absolute atomic E-state index is 12.0. The summed E-state index contributed by atoms with van der Waals surface area (Å²) in [5.41, 5.74) is 6.86. The third kappa shape index (κ3) is 4.02. The summed E-state index contributed by atoms with van der Waals surface area (Å²) in [5.74, 6) is 0.669. The number of nitrogens with zero attached hydrogens (tertiary/aromatic N) is 5. The number of hydrogen-bond donors (Lipinski definition) is 0. The molecule has 6 rings (SSSR count). The molecule has 2 saturated heterocycles. The van der Waals surface area contributed by atoms with Crippen LogP contribution >= 0.6 is 22.9 Å². The van der Waals surface area contributed by atoms with Gasteiger partial charge in [-0.15, -0.1) is 11.3 Å². The highest BCUT2D eigenvalue weighted by Gasteiger charge is 2.49. The number of ether oxygens (including phenoxy) is 1. The lowest BCUT2D eigenvalue weighted by molar-refractivity contribution is -0.136. The molecule has 9 heteroatoms. The van der Waals surface area contributed by atoms with Gasteiger partial charge in [-0.1, -0.05) is 36.4 Å². The summed E-state index contributed by atoms with van der Waals surface area (Å²) in [5, 5.41) is 11.0. The Morgan fingerprint density at radius 2 is 2.16 bits per heavy atom. The van der Waals surface area contributed by atoms with Crippen LogP contribution in [0.1, 0.15) is 39.9 Å². The Labute approximate surface area is 225 Å². The second-order valence-corrected chi connectivity index (χ2v) is 11.4. The van der Waals surface area contributed by atoms with Crippen LogP contribution < -0.4 is 4.90 Å². The first-order valence-electron chi connectivity index (χ1n) is 12.3. The van der Waals surface area contributed by atoms with Crippen molar-refractivity contribution in [2.75, 3.05) is 31.1 Å². The summed E-state index contributed by atoms with van der Waals surface area (Å²) in [6.07, 6.45) is 2.81. The van der Waals surface area contributed by atoms with Crippen LogP contribution in [0, 0.1) is 23.7 Å². The highest BCUT2D eigenvalue weighted by atomic mass is 35.5. The number of anilines is 1. The maximum Gasteiger partial charge on any atom is 0.245 e. The number of hydrogen-bond acceptors (Lipinski definition) is 7. The smallest absolute Gasteiger partial charge is 0.245 e. The van der Waals surface area contributed by atoms with E-state index >= 15 is 0 Å². The zero-order valence-corrected chi connectivity index (χ0v) is 22.1. The van der Waals surface area contributed by atoms with Crippen molar-refractivity contribution in [3.05, 3.63) is 74.8 Å². The van der Waals surface area contributed by atoms with Crippen LogP contribution in [0.25, 0.3) is 11.1 Å². The summed E-state index contributed by atoms with van der Waals surface area (Å²) in [6.45, 7) is 8.91. The molecule has 1 aromatic carbocycles. The third-order valence-corrected chi connectivity index (χ3v) is 9.13. The molecule has 5 heterocycles. The first-order chi connectivity index (χ1) is 17.9. The molecule has 0 saturated carbocycles. The fourth-order valence-corrected chi connectivity index (χ4v) is 6.99. The van der Waals surface area contributed by atoms with Gasteiger partial charge in [-0.2, -0.15) is 5.26 Å². The molecule has 188 valence electrons. The molecule has 2 aromatic heterocycles. The summed E-state index contributed by atoms with van der Waals surface area (Å²) in [4.78, 5) is 26.7. The van der Waals surface area contributed by atoms with E-state index in [4.69, 9.17) is 21.3 Å². The van der Waals surface area contributed by atoms with Crippen LogP contribution in [0.3, 0.4) is 0 Å². The molecule has 0 bridgehead atoms. The van der Waals surface area contributed by atoms with Gasteiger partial charge in [0, 0.05) is 59.7 Å². The molecule has 37 heavy (non-hydrogen) atoms. The molecule has 3 aliphatic rings.